The van der Waals surface area contributed by atoms with E-state index < -0.39 is 0 Å². The first-order valence-electron chi connectivity index (χ1n) is 9.77. The second-order valence-electron chi connectivity index (χ2n) is 7.60. The van der Waals surface area contributed by atoms with Crippen LogP contribution >= 0.6 is 0 Å². The van der Waals surface area contributed by atoms with Crippen molar-refractivity contribution in [3.05, 3.63) is 65.7 Å². The first-order valence-corrected chi connectivity index (χ1v) is 9.77. The van der Waals surface area contributed by atoms with E-state index >= 15 is 0 Å². The van der Waals surface area contributed by atoms with E-state index in [1.165, 1.54) is 0 Å². The van der Waals surface area contributed by atoms with Gasteiger partial charge < -0.3 is 14.0 Å². The zero-order valence-corrected chi connectivity index (χ0v) is 16.6. The summed E-state index contributed by atoms with van der Waals surface area (Å²) in [5.74, 6) is 2.78. The third-order valence-electron chi connectivity index (χ3n) is 5.39. The minimum Gasteiger partial charge on any atom is -0.478 e. The van der Waals surface area contributed by atoms with Crippen LogP contribution in [0.25, 0.3) is 0 Å². The Bertz CT molecular complexity index is 933. The van der Waals surface area contributed by atoms with Gasteiger partial charge in [-0.2, -0.15) is 4.98 Å². The minimum absolute atomic E-state index is 0.176. The van der Waals surface area contributed by atoms with E-state index in [1.54, 1.807) is 6.33 Å². The van der Waals surface area contributed by atoms with Gasteiger partial charge in [-0.05, 0) is 36.8 Å². The van der Waals surface area contributed by atoms with E-state index in [1.807, 2.05) is 61.0 Å². The molecule has 0 atom stereocenters. The number of aryl methyl sites for hydroxylation is 1. The molecule has 146 valence electrons. The van der Waals surface area contributed by atoms with Crippen molar-refractivity contribution in [2.75, 3.05) is 6.61 Å². The highest BCUT2D eigenvalue weighted by Gasteiger charge is 2.48. The average molecular weight is 378 g/mol. The molecule has 3 aromatic rings. The molecule has 2 heterocycles. The fourth-order valence-corrected chi connectivity index (χ4v) is 4.18. The molecule has 1 aliphatic rings. The number of hydrogen-bond acceptors (Lipinski definition) is 5. The SMILES string of the molecule is CCOc1cc(C2(c3nncn3C)CC(C)C2)cc(OCc2ccccc2)n1. The lowest BCUT2D eigenvalue weighted by Gasteiger charge is -2.46. The monoisotopic (exact) mass is 378 g/mol. The van der Waals surface area contributed by atoms with Crippen molar-refractivity contribution in [3.8, 4) is 11.8 Å². The number of aromatic nitrogens is 4. The third-order valence-corrected chi connectivity index (χ3v) is 5.39. The lowest BCUT2D eigenvalue weighted by Crippen LogP contribution is -2.43. The standard InChI is InChI=1S/C22H26N4O2/c1-4-27-19-10-18(11-20(24-19)28-14-17-8-6-5-7-9-17)22(12-16(2)13-22)21-25-23-15-26(21)3/h5-11,15-16H,4,12-14H2,1-3H3. The maximum atomic E-state index is 6.02. The summed E-state index contributed by atoms with van der Waals surface area (Å²) in [5.41, 5.74) is 2.06. The molecule has 6 nitrogen and oxygen atoms in total. The highest BCUT2D eigenvalue weighted by atomic mass is 16.5. The molecule has 1 aromatic carbocycles. The van der Waals surface area contributed by atoms with Gasteiger partial charge in [-0.3, -0.25) is 0 Å². The molecule has 0 aliphatic heterocycles. The Labute approximate surface area is 165 Å². The average Bonchev–Trinajstić information content (AvgIpc) is 3.11. The molecule has 0 unspecified atom stereocenters. The minimum atomic E-state index is -0.176. The summed E-state index contributed by atoms with van der Waals surface area (Å²) in [6.45, 7) is 5.26. The van der Waals surface area contributed by atoms with Crippen molar-refractivity contribution >= 4 is 0 Å². The van der Waals surface area contributed by atoms with Crippen LogP contribution in [0.1, 0.15) is 43.6 Å². The number of benzene rings is 1. The van der Waals surface area contributed by atoms with Crippen LogP contribution in [0.3, 0.4) is 0 Å². The summed E-state index contributed by atoms with van der Waals surface area (Å²) < 4.78 is 13.8. The van der Waals surface area contributed by atoms with Gasteiger partial charge in [0.05, 0.1) is 12.0 Å². The van der Waals surface area contributed by atoms with Crippen LogP contribution in [0.4, 0.5) is 0 Å². The molecule has 28 heavy (non-hydrogen) atoms. The second-order valence-corrected chi connectivity index (χ2v) is 7.60. The predicted octanol–water partition coefficient (Wildman–Crippen LogP) is 3.90. The number of ether oxygens (including phenoxy) is 2. The smallest absolute Gasteiger partial charge is 0.217 e. The molecule has 1 aliphatic carbocycles. The number of nitrogens with zero attached hydrogens (tertiary/aromatic N) is 4. The second kappa shape index (κ2) is 7.62. The lowest BCUT2D eigenvalue weighted by atomic mass is 9.58. The molecule has 4 rings (SSSR count). The molecular weight excluding hydrogens is 352 g/mol. The molecule has 1 saturated carbocycles. The van der Waals surface area contributed by atoms with Gasteiger partial charge in [-0.25, -0.2) is 0 Å². The summed E-state index contributed by atoms with van der Waals surface area (Å²) in [7, 11) is 2.00. The van der Waals surface area contributed by atoms with Crippen molar-refractivity contribution in [2.24, 2.45) is 13.0 Å². The fourth-order valence-electron chi connectivity index (χ4n) is 4.18. The quantitative estimate of drug-likeness (QED) is 0.624. The van der Waals surface area contributed by atoms with Gasteiger partial charge in [0.25, 0.3) is 0 Å². The Hall–Kier alpha value is -2.89. The summed E-state index contributed by atoms with van der Waals surface area (Å²) in [6.07, 6.45) is 3.80. The van der Waals surface area contributed by atoms with Gasteiger partial charge in [-0.1, -0.05) is 37.3 Å². The van der Waals surface area contributed by atoms with Crippen LogP contribution in [0.15, 0.2) is 48.8 Å². The van der Waals surface area contributed by atoms with E-state index in [4.69, 9.17) is 9.47 Å². The first kappa shape index (κ1) is 18.5. The zero-order chi connectivity index (χ0) is 19.6. The van der Waals surface area contributed by atoms with Crippen molar-refractivity contribution in [2.45, 2.75) is 38.7 Å². The Kier molecular flexibility index (Phi) is 5.03. The Morgan fingerprint density at radius 1 is 1.11 bits per heavy atom. The number of pyridine rings is 1. The normalized spacial score (nSPS) is 21.2. The fraction of sp³-hybridized carbons (Fsp3) is 0.409. The highest BCUT2D eigenvalue weighted by molar-refractivity contribution is 5.41. The summed E-state index contributed by atoms with van der Waals surface area (Å²) in [4.78, 5) is 4.55. The van der Waals surface area contributed by atoms with E-state index in [9.17, 15) is 0 Å². The molecule has 0 radical (unpaired) electrons. The summed E-state index contributed by atoms with van der Waals surface area (Å²) >= 11 is 0. The Balaban J connectivity index is 1.69. The van der Waals surface area contributed by atoms with Crippen LogP contribution in [0.5, 0.6) is 11.8 Å². The van der Waals surface area contributed by atoms with Gasteiger partial charge >= 0.3 is 0 Å². The van der Waals surface area contributed by atoms with Crippen molar-refractivity contribution in [1.82, 2.24) is 19.7 Å². The summed E-state index contributed by atoms with van der Waals surface area (Å²) in [6, 6.07) is 14.2. The molecule has 0 amide bonds. The van der Waals surface area contributed by atoms with Crippen LogP contribution in [-0.4, -0.2) is 26.4 Å². The van der Waals surface area contributed by atoms with Crippen LogP contribution in [0, 0.1) is 5.92 Å². The van der Waals surface area contributed by atoms with Crippen molar-refractivity contribution < 1.29 is 9.47 Å². The zero-order valence-electron chi connectivity index (χ0n) is 16.6. The molecule has 0 bridgehead atoms. The van der Waals surface area contributed by atoms with Gasteiger partial charge in [-0.15, -0.1) is 10.2 Å². The van der Waals surface area contributed by atoms with E-state index in [-0.39, 0.29) is 5.41 Å². The molecule has 6 heteroatoms. The van der Waals surface area contributed by atoms with Gasteiger partial charge in [0.1, 0.15) is 18.8 Å². The van der Waals surface area contributed by atoms with Crippen LogP contribution in [0.2, 0.25) is 0 Å². The molecular formula is C22H26N4O2. The number of rotatable bonds is 7. The van der Waals surface area contributed by atoms with Crippen molar-refractivity contribution in [3.63, 3.8) is 0 Å². The van der Waals surface area contributed by atoms with Gasteiger partial charge in [0.15, 0.2) is 0 Å². The molecule has 1 fully saturated rings. The van der Waals surface area contributed by atoms with Crippen LogP contribution < -0.4 is 9.47 Å². The van der Waals surface area contributed by atoms with Gasteiger partial charge in [0, 0.05) is 19.2 Å². The van der Waals surface area contributed by atoms with E-state index in [0.29, 0.717) is 30.9 Å². The Morgan fingerprint density at radius 2 is 1.82 bits per heavy atom. The van der Waals surface area contributed by atoms with Gasteiger partial charge in [0.2, 0.25) is 11.8 Å². The maximum absolute atomic E-state index is 6.02. The van der Waals surface area contributed by atoms with Crippen LogP contribution in [-0.2, 0) is 19.1 Å². The van der Waals surface area contributed by atoms with Crippen molar-refractivity contribution in [1.29, 1.82) is 0 Å². The largest absolute Gasteiger partial charge is 0.478 e. The molecule has 0 spiro atoms. The van der Waals surface area contributed by atoms with E-state index in [0.717, 1.165) is 29.8 Å². The first-order chi connectivity index (χ1) is 13.6. The van der Waals surface area contributed by atoms with E-state index in [2.05, 4.69) is 22.1 Å². The third kappa shape index (κ3) is 3.46. The topological polar surface area (TPSA) is 62.1 Å². The highest BCUT2D eigenvalue weighted by Crippen LogP contribution is 2.52. The summed E-state index contributed by atoms with van der Waals surface area (Å²) in [5, 5.41) is 8.54. The Morgan fingerprint density at radius 3 is 2.43 bits per heavy atom. The molecule has 2 aromatic heterocycles. The lowest BCUT2D eigenvalue weighted by molar-refractivity contribution is 0.183. The predicted molar refractivity (Wildman–Crippen MR) is 106 cm³/mol. The molecule has 0 saturated heterocycles. The molecule has 0 N–H and O–H groups in total. The maximum Gasteiger partial charge on any atom is 0.217 e. The number of hydrogen-bond donors (Lipinski definition) is 0.